The van der Waals surface area contributed by atoms with Crippen LogP contribution in [-0.4, -0.2) is 50.5 Å². The van der Waals surface area contributed by atoms with Crippen LogP contribution in [0.2, 0.25) is 15.1 Å². The molecular weight excluding hydrogens is 569 g/mol. The van der Waals surface area contributed by atoms with Crippen LogP contribution in [0.4, 0.5) is 5.69 Å². The number of hydrogen-bond donors (Lipinski definition) is 1. The molecule has 2 amide bonds. The summed E-state index contributed by atoms with van der Waals surface area (Å²) >= 11 is 18.4. The maximum atomic E-state index is 13.5. The summed E-state index contributed by atoms with van der Waals surface area (Å²) in [5.41, 5.74) is 1.96. The van der Waals surface area contributed by atoms with Gasteiger partial charge in [0.25, 0.3) is 0 Å². The van der Waals surface area contributed by atoms with E-state index in [1.165, 1.54) is 9.21 Å². The molecule has 38 heavy (non-hydrogen) atoms. The van der Waals surface area contributed by atoms with Crippen molar-refractivity contribution in [1.82, 2.24) is 10.2 Å². The molecule has 0 radical (unpaired) electrons. The Hall–Kier alpha value is -2.00. The molecule has 0 aliphatic rings. The molecule has 1 N–H and O–H groups in total. The van der Waals surface area contributed by atoms with E-state index in [9.17, 15) is 18.0 Å². The summed E-state index contributed by atoms with van der Waals surface area (Å²) < 4.78 is 26.4. The molecule has 0 heterocycles. The van der Waals surface area contributed by atoms with Crippen molar-refractivity contribution in [3.63, 3.8) is 0 Å². The van der Waals surface area contributed by atoms with Crippen LogP contribution in [-0.2, 0) is 26.2 Å². The maximum Gasteiger partial charge on any atom is 0.242 e. The minimum absolute atomic E-state index is 0.0473. The van der Waals surface area contributed by atoms with Gasteiger partial charge in [-0.05, 0) is 61.6 Å². The van der Waals surface area contributed by atoms with E-state index in [0.29, 0.717) is 33.7 Å². The fourth-order valence-corrected chi connectivity index (χ4v) is 5.60. The molecule has 0 unspecified atom stereocenters. The smallest absolute Gasteiger partial charge is 0.242 e. The summed E-state index contributed by atoms with van der Waals surface area (Å²) in [6, 6.07) is 9.47. The van der Waals surface area contributed by atoms with Crippen molar-refractivity contribution in [3.05, 3.63) is 62.6 Å². The predicted octanol–water partition coefficient (Wildman–Crippen LogP) is 6.23. The number of benzene rings is 2. The highest BCUT2D eigenvalue weighted by atomic mass is 35.5. The minimum Gasteiger partial charge on any atom is -0.354 e. The molecule has 0 spiro atoms. The lowest BCUT2D eigenvalue weighted by atomic mass is 10.1. The van der Waals surface area contributed by atoms with Crippen LogP contribution in [0.15, 0.2) is 36.4 Å². The van der Waals surface area contributed by atoms with Gasteiger partial charge in [-0.25, -0.2) is 8.42 Å². The zero-order valence-corrected chi connectivity index (χ0v) is 25.4. The SMILES string of the molecule is CCCCNC(=O)[C@H](CC)N(Cc1ccc(Cl)c(Cl)c1)C(=O)CCCN(c1cc(Cl)ccc1C)S(C)(=O)=O. The highest BCUT2D eigenvalue weighted by Gasteiger charge is 2.29. The van der Waals surface area contributed by atoms with E-state index < -0.39 is 16.1 Å². The number of rotatable bonds is 14. The normalized spacial score (nSPS) is 12.2. The number of hydrogen-bond acceptors (Lipinski definition) is 4. The summed E-state index contributed by atoms with van der Waals surface area (Å²) in [5, 5.41) is 4.10. The molecule has 0 saturated heterocycles. The summed E-state index contributed by atoms with van der Waals surface area (Å²) in [5.74, 6) is -0.480. The van der Waals surface area contributed by atoms with Gasteiger partial charge in [0.15, 0.2) is 0 Å². The summed E-state index contributed by atoms with van der Waals surface area (Å²) in [6.45, 7) is 6.48. The lowest BCUT2D eigenvalue weighted by Crippen LogP contribution is -2.49. The summed E-state index contributed by atoms with van der Waals surface area (Å²) in [7, 11) is -3.62. The number of anilines is 1. The first-order valence-electron chi connectivity index (χ1n) is 12.6. The van der Waals surface area contributed by atoms with Gasteiger partial charge in [-0.3, -0.25) is 13.9 Å². The molecule has 2 rings (SSSR count). The zero-order chi connectivity index (χ0) is 28.5. The van der Waals surface area contributed by atoms with Gasteiger partial charge in [0.1, 0.15) is 6.04 Å². The molecule has 7 nitrogen and oxygen atoms in total. The van der Waals surface area contributed by atoms with Crippen molar-refractivity contribution in [1.29, 1.82) is 0 Å². The highest BCUT2D eigenvalue weighted by Crippen LogP contribution is 2.27. The lowest BCUT2D eigenvalue weighted by molar-refractivity contribution is -0.141. The first kappa shape index (κ1) is 32.2. The van der Waals surface area contributed by atoms with Gasteiger partial charge in [0.2, 0.25) is 21.8 Å². The third-order valence-corrected chi connectivity index (χ3v) is 8.30. The van der Waals surface area contributed by atoms with Crippen LogP contribution in [0.1, 0.15) is 57.1 Å². The van der Waals surface area contributed by atoms with E-state index in [1.54, 1.807) is 43.3 Å². The number of nitrogens with zero attached hydrogens (tertiary/aromatic N) is 2. The quantitative estimate of drug-likeness (QED) is 0.259. The van der Waals surface area contributed by atoms with Crippen LogP contribution in [0.3, 0.4) is 0 Å². The van der Waals surface area contributed by atoms with Crippen LogP contribution < -0.4 is 9.62 Å². The average Bonchev–Trinajstić information content (AvgIpc) is 2.85. The molecule has 2 aromatic rings. The molecule has 11 heteroatoms. The maximum absolute atomic E-state index is 13.5. The second-order valence-electron chi connectivity index (χ2n) is 9.21. The number of carbonyl (C=O) groups is 2. The van der Waals surface area contributed by atoms with Crippen molar-refractivity contribution in [2.24, 2.45) is 0 Å². The minimum atomic E-state index is -3.62. The van der Waals surface area contributed by atoms with Crippen LogP contribution in [0.25, 0.3) is 0 Å². The largest absolute Gasteiger partial charge is 0.354 e. The molecule has 0 saturated carbocycles. The van der Waals surface area contributed by atoms with Gasteiger partial charge in [-0.2, -0.15) is 0 Å². The van der Waals surface area contributed by atoms with Crippen LogP contribution in [0.5, 0.6) is 0 Å². The summed E-state index contributed by atoms with van der Waals surface area (Å²) in [4.78, 5) is 28.1. The average molecular weight is 605 g/mol. The molecule has 210 valence electrons. The summed E-state index contributed by atoms with van der Waals surface area (Å²) in [6.07, 6.45) is 3.62. The van der Waals surface area contributed by atoms with Gasteiger partial charge in [0.05, 0.1) is 22.0 Å². The van der Waals surface area contributed by atoms with E-state index in [-0.39, 0.29) is 37.7 Å². The van der Waals surface area contributed by atoms with Gasteiger partial charge in [-0.1, -0.05) is 67.2 Å². The van der Waals surface area contributed by atoms with Crippen LogP contribution >= 0.6 is 34.8 Å². The molecule has 0 fully saturated rings. The Bertz CT molecular complexity index is 1220. The first-order chi connectivity index (χ1) is 17.9. The molecule has 0 bridgehead atoms. The van der Waals surface area contributed by atoms with Gasteiger partial charge in [0, 0.05) is 31.1 Å². The Morgan fingerprint density at radius 2 is 1.71 bits per heavy atom. The molecule has 2 aromatic carbocycles. The molecule has 0 aliphatic carbocycles. The Kier molecular flexibility index (Phi) is 12.7. The molecule has 1 atom stereocenters. The van der Waals surface area contributed by atoms with E-state index in [4.69, 9.17) is 34.8 Å². The monoisotopic (exact) mass is 603 g/mol. The first-order valence-corrected chi connectivity index (χ1v) is 15.6. The van der Waals surface area contributed by atoms with Crippen molar-refractivity contribution < 1.29 is 18.0 Å². The van der Waals surface area contributed by atoms with E-state index in [2.05, 4.69) is 5.32 Å². The predicted molar refractivity (Wildman–Crippen MR) is 157 cm³/mol. The number of unbranched alkanes of at least 4 members (excludes halogenated alkanes) is 1. The zero-order valence-electron chi connectivity index (χ0n) is 22.3. The standard InChI is InChI=1S/C27H36Cl3N3O4S/c1-5-7-14-31-27(35)24(6-2)32(18-20-11-13-22(29)23(30)16-20)26(34)9-8-15-33(38(4,36)37)25-17-21(28)12-10-19(25)3/h10-13,16-17,24H,5-9,14-15,18H2,1-4H3,(H,31,35)/t24-/m0/s1. The number of halogens is 3. The number of aryl methyl sites for hydroxylation is 1. The lowest BCUT2D eigenvalue weighted by Gasteiger charge is -2.31. The number of carbonyl (C=O) groups excluding carboxylic acids is 2. The fraction of sp³-hybridized carbons (Fsp3) is 0.481. The van der Waals surface area contributed by atoms with E-state index in [1.807, 2.05) is 13.8 Å². The Balaban J connectivity index is 2.26. The van der Waals surface area contributed by atoms with Gasteiger partial charge >= 0.3 is 0 Å². The van der Waals surface area contributed by atoms with Crippen LogP contribution in [0, 0.1) is 6.92 Å². The number of amides is 2. The molecule has 0 aliphatic heterocycles. The topological polar surface area (TPSA) is 86.8 Å². The van der Waals surface area contributed by atoms with Gasteiger partial charge in [-0.15, -0.1) is 0 Å². The van der Waals surface area contributed by atoms with Gasteiger partial charge < -0.3 is 10.2 Å². The van der Waals surface area contributed by atoms with Crippen molar-refractivity contribution >= 4 is 62.3 Å². The Labute approximate surface area is 241 Å². The highest BCUT2D eigenvalue weighted by molar-refractivity contribution is 7.92. The Morgan fingerprint density at radius 3 is 2.32 bits per heavy atom. The number of sulfonamides is 1. The second-order valence-corrected chi connectivity index (χ2v) is 12.4. The van der Waals surface area contributed by atoms with Crippen molar-refractivity contribution in [2.75, 3.05) is 23.7 Å². The Morgan fingerprint density at radius 1 is 1.00 bits per heavy atom. The van der Waals surface area contributed by atoms with Crippen molar-refractivity contribution in [3.8, 4) is 0 Å². The third kappa shape index (κ3) is 9.33. The van der Waals surface area contributed by atoms with Crippen molar-refractivity contribution in [2.45, 2.75) is 65.5 Å². The molecular formula is C27H36Cl3N3O4S. The number of nitrogens with one attached hydrogen (secondary N) is 1. The molecule has 0 aromatic heterocycles. The van der Waals surface area contributed by atoms with E-state index >= 15 is 0 Å². The van der Waals surface area contributed by atoms with E-state index in [0.717, 1.165) is 30.2 Å². The fourth-order valence-electron chi connectivity index (χ4n) is 4.09. The second kappa shape index (κ2) is 15.0. The third-order valence-electron chi connectivity index (χ3n) is 6.14.